The summed E-state index contributed by atoms with van der Waals surface area (Å²) in [6.45, 7) is 8.13. The van der Waals surface area contributed by atoms with Crippen molar-refractivity contribution in [1.29, 1.82) is 0 Å². The zero-order chi connectivity index (χ0) is 42.5. The van der Waals surface area contributed by atoms with E-state index >= 15 is 0 Å². The lowest BCUT2D eigenvalue weighted by atomic mass is 10.0. The first-order valence-corrected chi connectivity index (χ1v) is 22.8. The van der Waals surface area contributed by atoms with Crippen molar-refractivity contribution >= 4 is 45.4 Å². The molecule has 0 radical (unpaired) electrons. The molecule has 5 aromatic rings. The van der Waals surface area contributed by atoms with Gasteiger partial charge in [-0.25, -0.2) is 0 Å². The van der Waals surface area contributed by atoms with E-state index in [4.69, 9.17) is 14.2 Å². The Labute approximate surface area is 361 Å². The second-order valence-electron chi connectivity index (χ2n) is 17.4. The fraction of sp³-hybridized carbons (Fsp3) is 0.360. The van der Waals surface area contributed by atoms with Crippen LogP contribution < -0.4 is 33.8 Å². The second kappa shape index (κ2) is 16.6. The predicted molar refractivity (Wildman–Crippen MR) is 244 cm³/mol. The van der Waals surface area contributed by atoms with Gasteiger partial charge in [0.2, 0.25) is 0 Å². The number of hydrogen-bond donors (Lipinski definition) is 0. The maximum atomic E-state index is 14.2. The molecule has 10 nitrogen and oxygen atoms in total. The number of benzene rings is 5. The first-order valence-electron chi connectivity index (χ1n) is 21.3. The van der Waals surface area contributed by atoms with Crippen LogP contribution in [0.5, 0.6) is 17.2 Å². The predicted octanol–water partition coefficient (Wildman–Crippen LogP) is 8.15. The normalized spacial score (nSPS) is 18.1. The summed E-state index contributed by atoms with van der Waals surface area (Å²) in [5, 5.41) is 0. The zero-order valence-electron chi connectivity index (χ0n) is 35.9. The monoisotopic (exact) mass is 838 g/mol. The quantitative estimate of drug-likeness (QED) is 0.124. The van der Waals surface area contributed by atoms with Crippen molar-refractivity contribution in [2.24, 2.45) is 5.92 Å². The number of para-hydroxylation sites is 2. The van der Waals surface area contributed by atoms with Crippen molar-refractivity contribution in [3.8, 4) is 17.2 Å². The van der Waals surface area contributed by atoms with Gasteiger partial charge in [0.15, 0.2) is 11.5 Å². The number of hydrogen-bond acceptors (Lipinski definition) is 8. The molecule has 0 N–H and O–H groups in total. The van der Waals surface area contributed by atoms with E-state index in [1.165, 1.54) is 11.1 Å². The number of aryl methyl sites for hydroxylation is 2. The summed E-state index contributed by atoms with van der Waals surface area (Å²) in [6, 6.07) is 30.5. The van der Waals surface area contributed by atoms with E-state index in [1.54, 1.807) is 7.11 Å². The number of ether oxygens (including phenoxy) is 3. The van der Waals surface area contributed by atoms with Crippen molar-refractivity contribution in [3.63, 3.8) is 0 Å². The van der Waals surface area contributed by atoms with Gasteiger partial charge in [0.1, 0.15) is 19.0 Å². The van der Waals surface area contributed by atoms with E-state index in [0.29, 0.717) is 66.2 Å². The molecule has 316 valence electrons. The number of methoxy groups -OCH3 is 1. The standard InChI is InChI=1S/C50H54N4O6S/c1-31(2)30-61(57)16-15-33-18-34(28-59-46-24-44-40(17-32(46)3)49(55)53-38(26-51(44)4)21-36-11-7-9-13-42(36)53)20-35(19-33)29-60-48-25-45-41(23-47(48)58-6)50(56)54-39(27-52(45)5)22-37-12-8-10-14-43(37)54/h7-14,17-20,23-25,31,38-39H,15-16,21-22,26-30H2,1-6H3/t38-,39-,61?/m0/s1. The first-order chi connectivity index (χ1) is 29.4. The molecule has 0 bridgehead atoms. The second-order valence-corrected chi connectivity index (χ2v) is 19.1. The Kier molecular flexibility index (Phi) is 11.0. The van der Waals surface area contributed by atoms with Gasteiger partial charge in [-0.3, -0.25) is 13.8 Å². The van der Waals surface area contributed by atoms with Gasteiger partial charge in [0.05, 0.1) is 41.7 Å². The third-order valence-electron chi connectivity index (χ3n) is 12.4. The molecular formula is C50H54N4O6S. The van der Waals surface area contributed by atoms with Gasteiger partial charge in [-0.15, -0.1) is 0 Å². The molecule has 11 heteroatoms. The smallest absolute Gasteiger partial charge is 0.260 e. The minimum atomic E-state index is -0.935. The molecule has 4 aliphatic heterocycles. The van der Waals surface area contributed by atoms with Crippen LogP contribution in [-0.4, -0.2) is 73.9 Å². The molecule has 0 spiro atoms. The molecule has 9 rings (SSSR count). The average molecular weight is 839 g/mol. The number of likely N-dealkylation sites (N-methyl/N-ethyl adjacent to an activating group) is 2. The van der Waals surface area contributed by atoms with Crippen LogP contribution in [0, 0.1) is 12.8 Å². The van der Waals surface area contributed by atoms with E-state index < -0.39 is 10.8 Å². The third kappa shape index (κ3) is 7.84. The Morgan fingerprint density at radius 2 is 1.16 bits per heavy atom. The highest BCUT2D eigenvalue weighted by Crippen LogP contribution is 2.43. The van der Waals surface area contributed by atoms with E-state index in [2.05, 4.69) is 54.0 Å². The lowest BCUT2D eigenvalue weighted by molar-refractivity contribution is 0.0975. The Hall–Kier alpha value is -5.81. The number of nitrogens with zero attached hydrogens (tertiary/aromatic N) is 4. The SMILES string of the molecule is COc1cc2c(cc1OCc1cc(CCS(=O)CC(C)C)cc(COc3cc4c(cc3C)C(=O)N3c5ccccc5C[C@H]3CN4C)c1)N(C)C[C@@H]1Cc3ccccc3N1C2=O. The van der Waals surface area contributed by atoms with E-state index in [1.807, 2.05) is 91.5 Å². The molecule has 0 aliphatic carbocycles. The lowest BCUT2D eigenvalue weighted by Gasteiger charge is -2.25. The van der Waals surface area contributed by atoms with E-state index in [0.717, 1.165) is 63.6 Å². The number of carbonyl (C=O) groups is 2. The molecular weight excluding hydrogens is 785 g/mol. The largest absolute Gasteiger partial charge is 0.493 e. The van der Waals surface area contributed by atoms with Crippen LogP contribution in [0.25, 0.3) is 0 Å². The highest BCUT2D eigenvalue weighted by molar-refractivity contribution is 7.84. The minimum Gasteiger partial charge on any atom is -0.493 e. The maximum Gasteiger partial charge on any atom is 0.260 e. The van der Waals surface area contributed by atoms with E-state index in [-0.39, 0.29) is 30.5 Å². The van der Waals surface area contributed by atoms with Gasteiger partial charge in [-0.2, -0.15) is 0 Å². The summed E-state index contributed by atoms with van der Waals surface area (Å²) in [6.07, 6.45) is 2.30. The summed E-state index contributed by atoms with van der Waals surface area (Å²) in [5.74, 6) is 3.32. The van der Waals surface area contributed by atoms with Crippen LogP contribution >= 0.6 is 0 Å². The summed E-state index contributed by atoms with van der Waals surface area (Å²) in [7, 11) is 4.74. The van der Waals surface area contributed by atoms with Crippen LogP contribution in [0.15, 0.2) is 91.0 Å². The molecule has 61 heavy (non-hydrogen) atoms. The number of anilines is 4. The zero-order valence-corrected chi connectivity index (χ0v) is 36.7. The van der Waals surface area contributed by atoms with Crippen molar-refractivity contribution < 1.29 is 28.0 Å². The number of amides is 2. The van der Waals surface area contributed by atoms with Crippen molar-refractivity contribution in [2.45, 2.75) is 65.3 Å². The molecule has 3 atom stereocenters. The summed E-state index contributed by atoms with van der Waals surface area (Å²) in [4.78, 5) is 36.5. The molecule has 5 aromatic carbocycles. The molecule has 0 aromatic heterocycles. The van der Waals surface area contributed by atoms with Gasteiger partial charge in [-0.1, -0.05) is 62.4 Å². The lowest BCUT2D eigenvalue weighted by Crippen LogP contribution is -2.41. The molecule has 2 amide bonds. The van der Waals surface area contributed by atoms with Crippen LogP contribution in [0.1, 0.15) is 67.9 Å². The van der Waals surface area contributed by atoms with Crippen LogP contribution in [0.4, 0.5) is 22.7 Å². The summed E-state index contributed by atoms with van der Waals surface area (Å²) >= 11 is 0. The summed E-state index contributed by atoms with van der Waals surface area (Å²) in [5.41, 5.74) is 11.1. The Balaban J connectivity index is 0.968. The first kappa shape index (κ1) is 40.6. The van der Waals surface area contributed by atoms with Gasteiger partial charge in [-0.05, 0) is 95.8 Å². The van der Waals surface area contributed by atoms with Crippen molar-refractivity contribution in [3.05, 3.63) is 136 Å². The van der Waals surface area contributed by atoms with Crippen molar-refractivity contribution in [1.82, 2.24) is 0 Å². The highest BCUT2D eigenvalue weighted by atomic mass is 32.2. The van der Waals surface area contributed by atoms with E-state index in [9.17, 15) is 13.8 Å². The molecule has 4 aliphatic rings. The minimum absolute atomic E-state index is 0.0200. The van der Waals surface area contributed by atoms with Gasteiger partial charge >= 0.3 is 0 Å². The molecule has 0 saturated heterocycles. The molecule has 4 heterocycles. The van der Waals surface area contributed by atoms with Crippen LogP contribution in [-0.2, 0) is 43.3 Å². The molecule has 0 saturated carbocycles. The summed E-state index contributed by atoms with van der Waals surface area (Å²) < 4.78 is 31.9. The Morgan fingerprint density at radius 3 is 1.72 bits per heavy atom. The third-order valence-corrected chi connectivity index (χ3v) is 14.1. The van der Waals surface area contributed by atoms with Crippen LogP contribution in [0.3, 0.4) is 0 Å². The fourth-order valence-corrected chi connectivity index (χ4v) is 11.0. The Morgan fingerprint density at radius 1 is 0.656 bits per heavy atom. The number of fused-ring (bicyclic) bond motifs is 8. The van der Waals surface area contributed by atoms with Gasteiger partial charge in [0, 0.05) is 73.0 Å². The number of rotatable bonds is 12. The van der Waals surface area contributed by atoms with Gasteiger partial charge < -0.3 is 33.8 Å². The number of carbonyl (C=O) groups excluding carboxylic acids is 2. The van der Waals surface area contributed by atoms with Crippen LogP contribution in [0.2, 0.25) is 0 Å². The average Bonchev–Trinajstić information content (AvgIpc) is 3.75. The topological polar surface area (TPSA) is 91.9 Å². The molecule has 1 unspecified atom stereocenters. The Bertz CT molecular complexity index is 2560. The maximum absolute atomic E-state index is 14.2. The molecule has 0 fully saturated rings. The van der Waals surface area contributed by atoms with Crippen molar-refractivity contribution in [2.75, 3.05) is 65.4 Å². The fourth-order valence-electron chi connectivity index (χ4n) is 9.64. The van der Waals surface area contributed by atoms with Gasteiger partial charge in [0.25, 0.3) is 11.8 Å². The highest BCUT2D eigenvalue weighted by Gasteiger charge is 2.40.